The van der Waals surface area contributed by atoms with E-state index in [2.05, 4.69) is 150 Å². The number of fused-ring (bicyclic) bond motifs is 10. The lowest BCUT2D eigenvalue weighted by atomic mass is 9.35. The molecule has 14 rings (SSSR count). The number of thiophene rings is 2. The van der Waals surface area contributed by atoms with E-state index in [0.29, 0.717) is 0 Å². The third-order valence-electron chi connectivity index (χ3n) is 12.3. The average Bonchev–Trinajstić information content (AvgIpc) is 3.91. The summed E-state index contributed by atoms with van der Waals surface area (Å²) in [6.45, 7) is 0.117. The van der Waals surface area contributed by atoms with Crippen molar-refractivity contribution in [1.82, 2.24) is 4.40 Å². The van der Waals surface area contributed by atoms with Crippen LogP contribution in [-0.4, -0.2) is 11.1 Å². The molecule has 0 N–H and O–H groups in total. The minimum atomic E-state index is 0.117. The van der Waals surface area contributed by atoms with Crippen LogP contribution in [0.2, 0.25) is 0 Å². The normalized spacial score (nSPS) is 13.3. The molecule has 0 amide bonds. The van der Waals surface area contributed by atoms with E-state index in [0.717, 1.165) is 0 Å². The standard InChI is InChI=1S/C48H24BNS2/c1-3-15-37-27(9-1)33-23-26(24-34-28-10-2-4-16-38(28)50(37)48(33)34)25-21-31-29-11-5-17-39-43(29)45-35(13-7-19-41(45)51-39)49-36-14-8-20-42-46(36)44-30(32(22-25)47(31)49)12-6-18-40(44)52-42/h1-24H. The number of para-hydroxylation sites is 2. The average molecular weight is 690 g/mol. The first-order chi connectivity index (χ1) is 25.8. The summed E-state index contributed by atoms with van der Waals surface area (Å²) in [6, 6.07) is 55.9. The van der Waals surface area contributed by atoms with Crippen molar-refractivity contribution in [2.24, 2.45) is 0 Å². The molecule has 4 aromatic heterocycles. The van der Waals surface area contributed by atoms with Crippen LogP contribution in [0.15, 0.2) is 146 Å². The molecular formula is C48H24BNS2. The number of benzene rings is 8. The Morgan fingerprint density at radius 1 is 0.385 bits per heavy atom. The van der Waals surface area contributed by atoms with Crippen LogP contribution < -0.4 is 16.4 Å². The van der Waals surface area contributed by atoms with Gasteiger partial charge in [0, 0.05) is 51.1 Å². The van der Waals surface area contributed by atoms with Crippen molar-refractivity contribution in [1.29, 1.82) is 0 Å². The Balaban J connectivity index is 1.20. The third-order valence-corrected chi connectivity index (χ3v) is 14.6. The largest absolute Gasteiger partial charge is 0.308 e. The smallest absolute Gasteiger partial charge is 0.244 e. The van der Waals surface area contributed by atoms with E-state index in [1.54, 1.807) is 0 Å². The maximum atomic E-state index is 2.54. The van der Waals surface area contributed by atoms with Gasteiger partial charge in [-0.15, -0.1) is 22.7 Å². The second-order valence-corrected chi connectivity index (χ2v) is 16.9. The van der Waals surface area contributed by atoms with Gasteiger partial charge in [0.1, 0.15) is 0 Å². The van der Waals surface area contributed by atoms with Crippen LogP contribution in [0.4, 0.5) is 0 Å². The lowest BCUT2D eigenvalue weighted by Gasteiger charge is -2.22. The predicted octanol–water partition coefficient (Wildman–Crippen LogP) is 11.7. The Bertz CT molecular complexity index is 3370. The molecular weight excluding hydrogens is 665 g/mol. The molecule has 52 heavy (non-hydrogen) atoms. The van der Waals surface area contributed by atoms with Gasteiger partial charge in [-0.05, 0) is 105 Å². The molecule has 12 aromatic rings. The molecule has 0 aliphatic carbocycles. The minimum absolute atomic E-state index is 0.117. The second kappa shape index (κ2) is 9.10. The number of hydrogen-bond donors (Lipinski definition) is 0. The molecule has 0 atom stereocenters. The molecule has 1 nitrogen and oxygen atoms in total. The summed E-state index contributed by atoms with van der Waals surface area (Å²) >= 11 is 3.88. The van der Waals surface area contributed by atoms with E-state index < -0.39 is 0 Å². The molecule has 2 aliphatic rings. The molecule has 0 spiro atoms. The summed E-state index contributed by atoms with van der Waals surface area (Å²) in [5, 5.41) is 10.9. The molecule has 4 heteroatoms. The van der Waals surface area contributed by atoms with Gasteiger partial charge < -0.3 is 4.40 Å². The van der Waals surface area contributed by atoms with Crippen molar-refractivity contribution >= 4 is 124 Å². The zero-order valence-electron chi connectivity index (χ0n) is 27.7. The molecule has 0 fully saturated rings. The highest BCUT2D eigenvalue weighted by Gasteiger charge is 2.38. The van der Waals surface area contributed by atoms with Crippen LogP contribution >= 0.6 is 22.7 Å². The van der Waals surface area contributed by atoms with Crippen LogP contribution in [0.5, 0.6) is 0 Å². The van der Waals surface area contributed by atoms with Crippen molar-refractivity contribution in [3.05, 3.63) is 146 Å². The lowest BCUT2D eigenvalue weighted by molar-refractivity contribution is 1.37. The zero-order valence-corrected chi connectivity index (χ0v) is 29.3. The fourth-order valence-electron chi connectivity index (χ4n) is 10.4. The van der Waals surface area contributed by atoms with Crippen LogP contribution in [0.3, 0.4) is 0 Å². The Labute approximate surface area is 306 Å². The third kappa shape index (κ3) is 3.04. The summed E-state index contributed by atoms with van der Waals surface area (Å²) in [7, 11) is 0. The predicted molar refractivity (Wildman–Crippen MR) is 228 cm³/mol. The van der Waals surface area contributed by atoms with Crippen LogP contribution in [-0.2, 0) is 0 Å². The Morgan fingerprint density at radius 2 is 0.846 bits per heavy atom. The maximum absolute atomic E-state index is 2.54. The van der Waals surface area contributed by atoms with Crippen LogP contribution in [0, 0.1) is 0 Å². The molecule has 0 saturated heterocycles. The van der Waals surface area contributed by atoms with Crippen LogP contribution in [0.25, 0.3) is 112 Å². The SMILES string of the molecule is c1cc2c3c(c1)sc1cccc(c13)-c1cc(-c3cc4c5ccccc5n5c6ccccc6c(c3)c45)cc3c1B2c1cccc2sc4cccc-3c4c12. The topological polar surface area (TPSA) is 4.41 Å². The quantitative estimate of drug-likeness (QED) is 0.151. The first-order valence-corrected chi connectivity index (χ1v) is 19.7. The lowest BCUT2D eigenvalue weighted by Crippen LogP contribution is -2.52. The van der Waals surface area contributed by atoms with Gasteiger partial charge in [0.2, 0.25) is 6.71 Å². The molecule has 2 aliphatic heterocycles. The van der Waals surface area contributed by atoms with E-state index >= 15 is 0 Å². The Hall–Kier alpha value is -5.94. The highest BCUT2D eigenvalue weighted by atomic mass is 32.1. The summed E-state index contributed by atoms with van der Waals surface area (Å²) in [5.41, 5.74) is 16.2. The molecule has 0 bridgehead atoms. The van der Waals surface area contributed by atoms with Crippen molar-refractivity contribution in [3.8, 4) is 33.4 Å². The fourth-order valence-corrected chi connectivity index (χ4v) is 12.7. The fraction of sp³-hybridized carbons (Fsp3) is 0. The Kier molecular flexibility index (Phi) is 4.69. The van der Waals surface area contributed by atoms with Crippen LogP contribution in [0.1, 0.15) is 0 Å². The van der Waals surface area contributed by atoms with Gasteiger partial charge in [0.15, 0.2) is 0 Å². The van der Waals surface area contributed by atoms with E-state index in [4.69, 9.17) is 0 Å². The first kappa shape index (κ1) is 26.8. The maximum Gasteiger partial charge on any atom is 0.244 e. The van der Waals surface area contributed by atoms with Gasteiger partial charge in [-0.25, -0.2) is 0 Å². The summed E-state index contributed by atoms with van der Waals surface area (Å²) in [4.78, 5) is 0. The van der Waals surface area contributed by atoms with Crippen molar-refractivity contribution in [2.75, 3.05) is 0 Å². The molecule has 0 saturated carbocycles. The monoisotopic (exact) mass is 689 g/mol. The molecule has 6 heterocycles. The van der Waals surface area contributed by atoms with Gasteiger partial charge >= 0.3 is 0 Å². The summed E-state index contributed by atoms with van der Waals surface area (Å²) < 4.78 is 7.97. The van der Waals surface area contributed by atoms with Crippen molar-refractivity contribution in [3.63, 3.8) is 0 Å². The first-order valence-electron chi connectivity index (χ1n) is 18.0. The molecule has 0 radical (unpaired) electrons. The molecule has 8 aromatic carbocycles. The zero-order chi connectivity index (χ0) is 33.4. The van der Waals surface area contributed by atoms with E-state index in [1.807, 2.05) is 22.7 Å². The molecule has 236 valence electrons. The van der Waals surface area contributed by atoms with Gasteiger partial charge in [-0.2, -0.15) is 0 Å². The van der Waals surface area contributed by atoms with Gasteiger partial charge in [0.25, 0.3) is 0 Å². The second-order valence-electron chi connectivity index (χ2n) is 14.7. The number of aromatic nitrogens is 1. The minimum Gasteiger partial charge on any atom is -0.308 e. The molecule has 0 unspecified atom stereocenters. The van der Waals surface area contributed by atoms with E-state index in [9.17, 15) is 0 Å². The van der Waals surface area contributed by atoms with E-state index in [-0.39, 0.29) is 6.71 Å². The number of nitrogens with zero attached hydrogens (tertiary/aromatic N) is 1. The highest BCUT2D eigenvalue weighted by Crippen LogP contribution is 2.48. The summed E-state index contributed by atoms with van der Waals surface area (Å²) in [6.07, 6.45) is 0. The number of hydrogen-bond acceptors (Lipinski definition) is 2. The number of rotatable bonds is 1. The Morgan fingerprint density at radius 3 is 1.38 bits per heavy atom. The van der Waals surface area contributed by atoms with Gasteiger partial charge in [0.05, 0.1) is 16.6 Å². The van der Waals surface area contributed by atoms with E-state index in [1.165, 1.54) is 128 Å². The highest BCUT2D eigenvalue weighted by molar-refractivity contribution is 7.27. The van der Waals surface area contributed by atoms with Crippen molar-refractivity contribution in [2.45, 2.75) is 0 Å². The van der Waals surface area contributed by atoms with Gasteiger partial charge in [-0.3, -0.25) is 0 Å². The van der Waals surface area contributed by atoms with Crippen molar-refractivity contribution < 1.29 is 0 Å². The summed E-state index contributed by atoms with van der Waals surface area (Å²) in [5.74, 6) is 0. The van der Waals surface area contributed by atoms with Gasteiger partial charge in [-0.1, -0.05) is 101 Å².